The molecule has 152 valence electrons. The minimum Gasteiger partial charge on any atom is -0.326 e. The van der Waals surface area contributed by atoms with Crippen LogP contribution in [0.1, 0.15) is 39.0 Å². The van der Waals surface area contributed by atoms with Crippen LogP contribution >= 0.6 is 0 Å². The van der Waals surface area contributed by atoms with Crippen LogP contribution in [0.25, 0.3) is 0 Å². The van der Waals surface area contributed by atoms with Gasteiger partial charge in [0.15, 0.2) is 0 Å². The van der Waals surface area contributed by atoms with E-state index in [9.17, 15) is 13.6 Å². The topological polar surface area (TPSA) is 121 Å². The predicted octanol–water partition coefficient (Wildman–Crippen LogP) is 0.499. The van der Waals surface area contributed by atoms with E-state index in [1.54, 1.807) is 13.1 Å². The van der Waals surface area contributed by atoms with Gasteiger partial charge in [-0.15, -0.1) is 0 Å². The fraction of sp³-hybridized carbons (Fsp3) is 0.647. The number of alkyl halides is 2. The number of aliphatic imine (C=N–C) groups is 1. The van der Waals surface area contributed by atoms with Gasteiger partial charge in [-0.25, -0.2) is 19.6 Å². The second kappa shape index (κ2) is 9.25. The van der Waals surface area contributed by atoms with Crippen molar-refractivity contribution in [3.05, 3.63) is 23.2 Å². The molecule has 0 aromatic heterocycles. The summed E-state index contributed by atoms with van der Waals surface area (Å²) in [4.78, 5) is 17.0. The van der Waals surface area contributed by atoms with Crippen LogP contribution in [0.15, 0.2) is 28.2 Å². The van der Waals surface area contributed by atoms with Crippen molar-refractivity contribution >= 4 is 11.6 Å². The standard InChI is InChI=1S/C17H29F2N7O/c1-3-4-14(24-21)23-16(27)15-12(9-20)13(22-2)10-26(25-15)11-5-7-17(18,19)8-6-11/h4,11,24-25H,3,5-10,20-21H2,1-2H3,(H,23,27)/b14-4-,22-13?. The molecule has 0 saturated heterocycles. The Morgan fingerprint density at radius 1 is 1.44 bits per heavy atom. The Labute approximate surface area is 158 Å². The lowest BCUT2D eigenvalue weighted by molar-refractivity contribution is -0.118. The minimum atomic E-state index is -2.61. The molecule has 0 bridgehead atoms. The van der Waals surface area contributed by atoms with Crippen LogP contribution in [-0.2, 0) is 4.79 Å². The van der Waals surface area contributed by atoms with Gasteiger partial charge in [-0.05, 0) is 25.3 Å². The molecular weight excluding hydrogens is 356 g/mol. The number of carbonyl (C=O) groups is 1. The van der Waals surface area contributed by atoms with Gasteiger partial charge in [0.2, 0.25) is 5.92 Å². The summed E-state index contributed by atoms with van der Waals surface area (Å²) in [5.74, 6) is 2.77. The molecule has 2 rings (SSSR count). The SMILES string of the molecule is CC/C=C(\NN)NC(=O)C1=C(CN)C(=NC)CN(C2CCC(F)(F)CC2)N1. The molecule has 7 N–H and O–H groups in total. The molecule has 0 unspecified atom stereocenters. The Kier molecular flexibility index (Phi) is 7.28. The summed E-state index contributed by atoms with van der Waals surface area (Å²) in [5.41, 5.74) is 12.9. The lowest BCUT2D eigenvalue weighted by Crippen LogP contribution is -2.56. The molecule has 1 aliphatic carbocycles. The van der Waals surface area contributed by atoms with Crippen molar-refractivity contribution in [1.29, 1.82) is 0 Å². The molecule has 0 aromatic rings. The number of hydrazine groups is 2. The Morgan fingerprint density at radius 3 is 2.63 bits per heavy atom. The van der Waals surface area contributed by atoms with E-state index < -0.39 is 11.8 Å². The van der Waals surface area contributed by atoms with Crippen molar-refractivity contribution in [1.82, 2.24) is 21.2 Å². The Hall–Kier alpha value is -2.04. The highest BCUT2D eigenvalue weighted by atomic mass is 19.3. The summed E-state index contributed by atoms with van der Waals surface area (Å²) >= 11 is 0. The van der Waals surface area contributed by atoms with Crippen molar-refractivity contribution in [3.63, 3.8) is 0 Å². The molecule has 0 atom stereocenters. The maximum Gasteiger partial charge on any atom is 0.274 e. The number of nitrogens with two attached hydrogens (primary N) is 2. The molecule has 8 nitrogen and oxygen atoms in total. The van der Waals surface area contributed by atoms with E-state index in [-0.39, 0.29) is 31.1 Å². The second-order valence-electron chi connectivity index (χ2n) is 6.68. The fourth-order valence-electron chi connectivity index (χ4n) is 3.36. The zero-order valence-electron chi connectivity index (χ0n) is 15.8. The first-order chi connectivity index (χ1) is 12.8. The first-order valence-electron chi connectivity index (χ1n) is 9.13. The molecule has 1 heterocycles. The zero-order valence-corrected chi connectivity index (χ0v) is 15.8. The highest BCUT2D eigenvalue weighted by Gasteiger charge is 2.39. The average Bonchev–Trinajstić information content (AvgIpc) is 2.66. The first-order valence-corrected chi connectivity index (χ1v) is 9.13. The lowest BCUT2D eigenvalue weighted by atomic mass is 9.91. The van der Waals surface area contributed by atoms with Gasteiger partial charge in [0, 0.05) is 38.0 Å². The Balaban J connectivity index is 2.23. The number of halogens is 2. The van der Waals surface area contributed by atoms with Gasteiger partial charge in [0.1, 0.15) is 11.5 Å². The zero-order chi connectivity index (χ0) is 20.0. The highest BCUT2D eigenvalue weighted by Crippen LogP contribution is 2.35. The highest BCUT2D eigenvalue weighted by molar-refractivity contribution is 6.10. The van der Waals surface area contributed by atoms with Crippen LogP contribution in [0.2, 0.25) is 0 Å². The molecule has 1 amide bonds. The van der Waals surface area contributed by atoms with Crippen molar-refractivity contribution < 1.29 is 13.6 Å². The number of hydrogen-bond donors (Lipinski definition) is 5. The molecular formula is C17H29F2N7O. The quantitative estimate of drug-likeness (QED) is 0.335. The van der Waals surface area contributed by atoms with Crippen LogP contribution in [0.3, 0.4) is 0 Å². The maximum atomic E-state index is 13.5. The van der Waals surface area contributed by atoms with Crippen LogP contribution in [0.4, 0.5) is 8.78 Å². The summed E-state index contributed by atoms with van der Waals surface area (Å²) < 4.78 is 27.0. The van der Waals surface area contributed by atoms with Gasteiger partial charge in [-0.3, -0.25) is 9.79 Å². The lowest BCUT2D eigenvalue weighted by Gasteiger charge is -2.40. The van der Waals surface area contributed by atoms with Crippen molar-refractivity contribution in [3.8, 4) is 0 Å². The molecule has 0 spiro atoms. The molecule has 0 aromatic carbocycles. The molecule has 0 radical (unpaired) electrons. The van der Waals surface area contributed by atoms with Crippen LogP contribution in [0.5, 0.6) is 0 Å². The molecule has 10 heteroatoms. The van der Waals surface area contributed by atoms with E-state index in [2.05, 4.69) is 21.2 Å². The van der Waals surface area contributed by atoms with Gasteiger partial charge >= 0.3 is 0 Å². The van der Waals surface area contributed by atoms with Gasteiger partial charge in [-0.2, -0.15) is 0 Å². The van der Waals surface area contributed by atoms with Gasteiger partial charge in [-0.1, -0.05) is 6.92 Å². The van der Waals surface area contributed by atoms with Crippen molar-refractivity contribution in [2.24, 2.45) is 16.6 Å². The van der Waals surface area contributed by atoms with E-state index in [4.69, 9.17) is 11.6 Å². The minimum absolute atomic E-state index is 0.109. The summed E-state index contributed by atoms with van der Waals surface area (Å²) in [6.45, 7) is 2.44. The summed E-state index contributed by atoms with van der Waals surface area (Å²) in [6.07, 6.45) is 2.78. The van der Waals surface area contributed by atoms with E-state index in [1.165, 1.54) is 0 Å². The number of rotatable bonds is 6. The van der Waals surface area contributed by atoms with Crippen LogP contribution in [0, 0.1) is 0 Å². The van der Waals surface area contributed by atoms with Crippen LogP contribution < -0.4 is 27.7 Å². The maximum absolute atomic E-state index is 13.5. The predicted molar refractivity (Wildman–Crippen MR) is 100 cm³/mol. The molecule has 27 heavy (non-hydrogen) atoms. The number of carbonyl (C=O) groups excluding carboxylic acids is 1. The van der Waals surface area contributed by atoms with Crippen LogP contribution in [-0.4, -0.2) is 48.7 Å². The molecule has 1 fully saturated rings. The third-order valence-corrected chi connectivity index (χ3v) is 4.87. The monoisotopic (exact) mass is 385 g/mol. The molecule has 1 aliphatic heterocycles. The average molecular weight is 385 g/mol. The summed E-state index contributed by atoms with van der Waals surface area (Å²) in [6, 6.07) is -0.109. The number of nitrogens with zero attached hydrogens (tertiary/aromatic N) is 2. The second-order valence-corrected chi connectivity index (χ2v) is 6.68. The van der Waals surface area contributed by atoms with Gasteiger partial charge in [0.25, 0.3) is 5.91 Å². The van der Waals surface area contributed by atoms with E-state index in [0.29, 0.717) is 42.9 Å². The Morgan fingerprint density at radius 2 is 2.11 bits per heavy atom. The summed E-state index contributed by atoms with van der Waals surface area (Å²) in [7, 11) is 1.63. The van der Waals surface area contributed by atoms with E-state index in [0.717, 1.165) is 0 Å². The first kappa shape index (κ1) is 21.3. The largest absolute Gasteiger partial charge is 0.326 e. The Bertz CT molecular complexity index is 635. The summed E-state index contributed by atoms with van der Waals surface area (Å²) in [5, 5.41) is 4.50. The number of amides is 1. The fourth-order valence-corrected chi connectivity index (χ4v) is 3.36. The normalized spacial score (nSPS) is 23.3. The molecule has 2 aliphatic rings. The number of hydrogen-bond acceptors (Lipinski definition) is 7. The van der Waals surface area contributed by atoms with E-state index in [1.807, 2.05) is 11.9 Å². The van der Waals surface area contributed by atoms with Crippen molar-refractivity contribution in [2.75, 3.05) is 20.1 Å². The van der Waals surface area contributed by atoms with Crippen molar-refractivity contribution in [2.45, 2.75) is 51.0 Å². The smallest absolute Gasteiger partial charge is 0.274 e. The van der Waals surface area contributed by atoms with E-state index >= 15 is 0 Å². The number of nitrogens with one attached hydrogen (secondary N) is 3. The van der Waals surface area contributed by atoms with Gasteiger partial charge in [0.05, 0.1) is 12.3 Å². The molecule has 1 saturated carbocycles. The number of allylic oxidation sites excluding steroid dienone is 1. The third-order valence-electron chi connectivity index (χ3n) is 4.87. The van der Waals surface area contributed by atoms with Gasteiger partial charge < -0.3 is 21.9 Å². The third kappa shape index (κ3) is 5.24.